The number of halogens is 3. The molecule has 21 heavy (non-hydrogen) atoms. The number of hydrogen-bond acceptors (Lipinski definition) is 1. The Kier molecular flexibility index (Phi) is 6.56. The van der Waals surface area contributed by atoms with Crippen molar-refractivity contribution in [1.29, 1.82) is 0 Å². The molecule has 1 atom stereocenters. The summed E-state index contributed by atoms with van der Waals surface area (Å²) in [4.78, 5) is 0. The third kappa shape index (κ3) is 5.30. The maximum absolute atomic E-state index is 6.10. The van der Waals surface area contributed by atoms with Crippen LogP contribution in [0.3, 0.4) is 0 Å². The molecule has 0 heterocycles. The molecule has 2 rings (SSSR count). The average molecular weight is 387 g/mol. The summed E-state index contributed by atoms with van der Waals surface area (Å²) in [7, 11) is 0. The van der Waals surface area contributed by atoms with Gasteiger partial charge in [-0.3, -0.25) is 0 Å². The van der Waals surface area contributed by atoms with Gasteiger partial charge in [0.2, 0.25) is 0 Å². The fourth-order valence-corrected chi connectivity index (χ4v) is 3.17. The summed E-state index contributed by atoms with van der Waals surface area (Å²) in [5.74, 6) is 0. The molecule has 0 aliphatic rings. The molecular formula is C17H18BrCl2N. The van der Waals surface area contributed by atoms with E-state index >= 15 is 0 Å². The van der Waals surface area contributed by atoms with E-state index in [1.165, 1.54) is 11.1 Å². The van der Waals surface area contributed by atoms with Gasteiger partial charge in [0.15, 0.2) is 0 Å². The Labute approximate surface area is 144 Å². The molecule has 4 heteroatoms. The van der Waals surface area contributed by atoms with Crippen LogP contribution in [0.15, 0.2) is 46.9 Å². The van der Waals surface area contributed by atoms with Gasteiger partial charge in [0.25, 0.3) is 0 Å². The van der Waals surface area contributed by atoms with Crippen LogP contribution in [0, 0.1) is 0 Å². The predicted molar refractivity (Wildman–Crippen MR) is 95.5 cm³/mol. The Morgan fingerprint density at radius 1 is 1.00 bits per heavy atom. The third-order valence-corrected chi connectivity index (χ3v) is 4.56. The van der Waals surface area contributed by atoms with Crippen LogP contribution in [-0.4, -0.2) is 12.6 Å². The summed E-state index contributed by atoms with van der Waals surface area (Å²) < 4.78 is 1.12. The molecule has 0 saturated carbocycles. The quantitative estimate of drug-likeness (QED) is 0.689. The first-order valence-electron chi connectivity index (χ1n) is 7.00. The zero-order valence-electron chi connectivity index (χ0n) is 11.9. The minimum absolute atomic E-state index is 0.376. The number of likely N-dealkylation sites (N-methyl/N-ethyl adjacent to an activating group) is 1. The van der Waals surface area contributed by atoms with Gasteiger partial charge in [-0.15, -0.1) is 0 Å². The second-order valence-electron chi connectivity index (χ2n) is 5.04. The smallest absolute Gasteiger partial charge is 0.0595 e. The lowest BCUT2D eigenvalue weighted by Crippen LogP contribution is -2.33. The van der Waals surface area contributed by atoms with Gasteiger partial charge in [-0.25, -0.2) is 0 Å². The summed E-state index contributed by atoms with van der Waals surface area (Å²) in [5.41, 5.74) is 2.51. The lowest BCUT2D eigenvalue weighted by Gasteiger charge is -2.18. The fraction of sp³-hybridized carbons (Fsp3) is 0.294. The van der Waals surface area contributed by atoms with Crippen LogP contribution < -0.4 is 5.32 Å². The van der Waals surface area contributed by atoms with Crippen molar-refractivity contribution in [2.24, 2.45) is 0 Å². The minimum Gasteiger partial charge on any atom is -0.314 e. The third-order valence-electron chi connectivity index (χ3n) is 3.33. The monoisotopic (exact) mass is 385 g/mol. The highest BCUT2D eigenvalue weighted by Gasteiger charge is 2.11. The summed E-state index contributed by atoms with van der Waals surface area (Å²) in [6.07, 6.45) is 1.91. The summed E-state index contributed by atoms with van der Waals surface area (Å²) >= 11 is 15.6. The molecule has 0 aliphatic carbocycles. The molecule has 112 valence electrons. The Hall–Kier alpha value is -0.540. The van der Waals surface area contributed by atoms with Gasteiger partial charge < -0.3 is 5.32 Å². The van der Waals surface area contributed by atoms with Gasteiger partial charge in [0.1, 0.15) is 0 Å². The first kappa shape index (κ1) is 16.8. The number of benzene rings is 2. The lowest BCUT2D eigenvalue weighted by atomic mass is 9.99. The number of nitrogens with one attached hydrogen (secondary N) is 1. The standard InChI is InChI=1S/C17H18BrCl2N/c1-2-21-15(9-12-4-3-5-14(18)8-12)10-13-6-7-16(19)17(20)11-13/h3-8,11,15,21H,2,9-10H2,1H3. The van der Waals surface area contributed by atoms with Gasteiger partial charge in [-0.2, -0.15) is 0 Å². The topological polar surface area (TPSA) is 12.0 Å². The molecule has 1 nitrogen and oxygen atoms in total. The zero-order valence-corrected chi connectivity index (χ0v) is 15.0. The number of hydrogen-bond donors (Lipinski definition) is 1. The molecule has 0 bridgehead atoms. The Bertz CT molecular complexity index is 601. The van der Waals surface area contributed by atoms with E-state index in [9.17, 15) is 0 Å². The van der Waals surface area contributed by atoms with E-state index in [2.05, 4.69) is 46.4 Å². The average Bonchev–Trinajstić information content (AvgIpc) is 2.43. The van der Waals surface area contributed by atoms with Crippen molar-refractivity contribution in [1.82, 2.24) is 5.32 Å². The van der Waals surface area contributed by atoms with E-state index in [4.69, 9.17) is 23.2 Å². The van der Waals surface area contributed by atoms with Gasteiger partial charge in [-0.1, -0.05) is 64.3 Å². The van der Waals surface area contributed by atoms with Gasteiger partial charge >= 0.3 is 0 Å². The van der Waals surface area contributed by atoms with Crippen molar-refractivity contribution in [2.75, 3.05) is 6.54 Å². The predicted octanol–water partition coefficient (Wildman–Crippen LogP) is 5.52. The van der Waals surface area contributed by atoms with Crippen molar-refractivity contribution in [3.8, 4) is 0 Å². The van der Waals surface area contributed by atoms with Crippen molar-refractivity contribution >= 4 is 39.1 Å². The molecule has 1 unspecified atom stereocenters. The fourth-order valence-electron chi connectivity index (χ4n) is 2.40. The van der Waals surface area contributed by atoms with Crippen LogP contribution in [0.5, 0.6) is 0 Å². The van der Waals surface area contributed by atoms with E-state index in [-0.39, 0.29) is 0 Å². The molecule has 0 aromatic heterocycles. The summed E-state index contributed by atoms with van der Waals surface area (Å²) in [6.45, 7) is 3.07. The molecule has 2 aromatic carbocycles. The van der Waals surface area contributed by atoms with Gasteiger partial charge in [0, 0.05) is 10.5 Å². The van der Waals surface area contributed by atoms with E-state index < -0.39 is 0 Å². The molecular weight excluding hydrogens is 369 g/mol. The molecule has 1 N–H and O–H groups in total. The second-order valence-corrected chi connectivity index (χ2v) is 6.77. The minimum atomic E-state index is 0.376. The summed E-state index contributed by atoms with van der Waals surface area (Å²) in [6, 6.07) is 14.7. The second kappa shape index (κ2) is 8.19. The highest BCUT2D eigenvalue weighted by atomic mass is 79.9. The highest BCUT2D eigenvalue weighted by Crippen LogP contribution is 2.23. The van der Waals surface area contributed by atoms with E-state index in [0.717, 1.165) is 23.9 Å². The molecule has 0 aliphatic heterocycles. The van der Waals surface area contributed by atoms with Crippen LogP contribution in [0.1, 0.15) is 18.1 Å². The SMILES string of the molecule is CCNC(Cc1cccc(Br)c1)Cc1ccc(Cl)c(Cl)c1. The molecule has 0 spiro atoms. The van der Waals surface area contributed by atoms with Gasteiger partial charge in [-0.05, 0) is 54.8 Å². The summed E-state index contributed by atoms with van der Waals surface area (Å²) in [5, 5.41) is 4.76. The molecule has 0 saturated heterocycles. The van der Waals surface area contributed by atoms with Crippen molar-refractivity contribution in [3.05, 3.63) is 68.1 Å². The lowest BCUT2D eigenvalue weighted by molar-refractivity contribution is 0.521. The Morgan fingerprint density at radius 2 is 1.71 bits per heavy atom. The maximum atomic E-state index is 6.10. The molecule has 2 aromatic rings. The van der Waals surface area contributed by atoms with Crippen LogP contribution in [-0.2, 0) is 12.8 Å². The van der Waals surface area contributed by atoms with Crippen molar-refractivity contribution in [3.63, 3.8) is 0 Å². The van der Waals surface area contributed by atoms with Crippen LogP contribution >= 0.6 is 39.1 Å². The first-order chi connectivity index (χ1) is 10.1. The van der Waals surface area contributed by atoms with E-state index in [1.54, 1.807) is 0 Å². The Balaban J connectivity index is 2.09. The Morgan fingerprint density at radius 3 is 2.33 bits per heavy atom. The van der Waals surface area contributed by atoms with Crippen LogP contribution in [0.4, 0.5) is 0 Å². The van der Waals surface area contributed by atoms with E-state index in [0.29, 0.717) is 16.1 Å². The van der Waals surface area contributed by atoms with Crippen molar-refractivity contribution < 1.29 is 0 Å². The molecule has 0 radical (unpaired) electrons. The largest absolute Gasteiger partial charge is 0.314 e. The van der Waals surface area contributed by atoms with Crippen LogP contribution in [0.25, 0.3) is 0 Å². The highest BCUT2D eigenvalue weighted by molar-refractivity contribution is 9.10. The molecule has 0 amide bonds. The van der Waals surface area contributed by atoms with Gasteiger partial charge in [0.05, 0.1) is 10.0 Å². The first-order valence-corrected chi connectivity index (χ1v) is 8.55. The number of rotatable bonds is 6. The maximum Gasteiger partial charge on any atom is 0.0595 e. The normalized spacial score (nSPS) is 12.4. The molecule has 0 fully saturated rings. The van der Waals surface area contributed by atoms with Crippen molar-refractivity contribution in [2.45, 2.75) is 25.8 Å². The van der Waals surface area contributed by atoms with Crippen LogP contribution in [0.2, 0.25) is 10.0 Å². The van der Waals surface area contributed by atoms with E-state index in [1.807, 2.05) is 24.3 Å². The zero-order chi connectivity index (χ0) is 15.2.